The van der Waals surface area contributed by atoms with E-state index in [1.807, 2.05) is 24.3 Å². The second-order valence-electron chi connectivity index (χ2n) is 4.61. The van der Waals surface area contributed by atoms with Gasteiger partial charge in [-0.1, -0.05) is 0 Å². The van der Waals surface area contributed by atoms with E-state index in [9.17, 15) is 5.11 Å². The Morgan fingerprint density at radius 3 is 2.42 bits per heavy atom. The fraction of sp³-hybridized carbons (Fsp3) is 0.571. The molecule has 2 rings (SSSR count). The average molecular weight is 266 g/mol. The molecule has 0 amide bonds. The summed E-state index contributed by atoms with van der Waals surface area (Å²) < 4.78 is 10.8. The van der Waals surface area contributed by atoms with E-state index in [-0.39, 0.29) is 12.6 Å². The highest BCUT2D eigenvalue weighted by Crippen LogP contribution is 2.17. The predicted octanol–water partition coefficient (Wildman–Crippen LogP) is 0.340. The van der Waals surface area contributed by atoms with Crippen molar-refractivity contribution in [2.24, 2.45) is 0 Å². The van der Waals surface area contributed by atoms with Gasteiger partial charge in [0.1, 0.15) is 18.1 Å². The summed E-state index contributed by atoms with van der Waals surface area (Å²) in [4.78, 5) is 2.26. The molecule has 0 radical (unpaired) electrons. The van der Waals surface area contributed by atoms with Crippen molar-refractivity contribution in [2.75, 3.05) is 46.5 Å². The Morgan fingerprint density at radius 1 is 1.21 bits per heavy atom. The van der Waals surface area contributed by atoms with Crippen LogP contribution in [0.1, 0.15) is 0 Å². The highest BCUT2D eigenvalue weighted by atomic mass is 16.5. The van der Waals surface area contributed by atoms with Crippen LogP contribution >= 0.6 is 0 Å². The fourth-order valence-corrected chi connectivity index (χ4v) is 2.19. The van der Waals surface area contributed by atoms with Crippen molar-refractivity contribution in [3.8, 4) is 11.5 Å². The Labute approximate surface area is 114 Å². The van der Waals surface area contributed by atoms with Crippen LogP contribution in [-0.2, 0) is 0 Å². The van der Waals surface area contributed by atoms with Crippen LogP contribution in [0.15, 0.2) is 24.3 Å². The van der Waals surface area contributed by atoms with E-state index in [0.29, 0.717) is 6.61 Å². The molecular formula is C14H22N2O3. The van der Waals surface area contributed by atoms with Gasteiger partial charge in [0.2, 0.25) is 0 Å². The second-order valence-corrected chi connectivity index (χ2v) is 4.61. The molecule has 1 fully saturated rings. The molecule has 1 aromatic rings. The van der Waals surface area contributed by atoms with Gasteiger partial charge in [0.05, 0.1) is 19.8 Å². The van der Waals surface area contributed by atoms with Crippen LogP contribution in [0.2, 0.25) is 0 Å². The molecule has 1 unspecified atom stereocenters. The molecule has 5 heteroatoms. The van der Waals surface area contributed by atoms with Crippen molar-refractivity contribution in [2.45, 2.75) is 6.04 Å². The minimum absolute atomic E-state index is 0.0594. The van der Waals surface area contributed by atoms with Crippen LogP contribution in [0.25, 0.3) is 0 Å². The topological polar surface area (TPSA) is 54.0 Å². The summed E-state index contributed by atoms with van der Waals surface area (Å²) in [7, 11) is 1.64. The zero-order valence-electron chi connectivity index (χ0n) is 11.3. The average Bonchev–Trinajstić information content (AvgIpc) is 2.49. The third-order valence-electron chi connectivity index (χ3n) is 3.38. The summed E-state index contributed by atoms with van der Waals surface area (Å²) in [6, 6.07) is 7.56. The van der Waals surface area contributed by atoms with Crippen LogP contribution in [0.5, 0.6) is 11.5 Å². The number of aliphatic hydroxyl groups is 1. The van der Waals surface area contributed by atoms with Gasteiger partial charge in [-0.15, -0.1) is 0 Å². The molecule has 5 nitrogen and oxygen atoms in total. The van der Waals surface area contributed by atoms with Gasteiger partial charge < -0.3 is 19.9 Å². The largest absolute Gasteiger partial charge is 0.497 e. The van der Waals surface area contributed by atoms with E-state index in [4.69, 9.17) is 9.47 Å². The lowest BCUT2D eigenvalue weighted by molar-refractivity contribution is 0.0734. The van der Waals surface area contributed by atoms with E-state index in [2.05, 4.69) is 10.2 Å². The van der Waals surface area contributed by atoms with Crippen LogP contribution in [0.4, 0.5) is 0 Å². The first-order chi connectivity index (χ1) is 9.33. The number of methoxy groups -OCH3 is 1. The maximum atomic E-state index is 9.48. The van der Waals surface area contributed by atoms with Gasteiger partial charge in [-0.05, 0) is 24.3 Å². The van der Waals surface area contributed by atoms with Crippen LogP contribution < -0.4 is 14.8 Å². The molecule has 106 valence electrons. The first-order valence-electron chi connectivity index (χ1n) is 6.66. The molecular weight excluding hydrogens is 244 g/mol. The summed E-state index contributed by atoms with van der Waals surface area (Å²) in [5.41, 5.74) is 0. The third-order valence-corrected chi connectivity index (χ3v) is 3.38. The van der Waals surface area contributed by atoms with Crippen molar-refractivity contribution >= 4 is 0 Å². The molecule has 0 aromatic heterocycles. The van der Waals surface area contributed by atoms with E-state index in [1.54, 1.807) is 7.11 Å². The number of nitrogens with one attached hydrogen (secondary N) is 1. The molecule has 19 heavy (non-hydrogen) atoms. The van der Waals surface area contributed by atoms with Crippen LogP contribution in [0, 0.1) is 0 Å². The first-order valence-corrected chi connectivity index (χ1v) is 6.66. The number of rotatable bonds is 6. The van der Waals surface area contributed by atoms with Gasteiger partial charge >= 0.3 is 0 Å². The molecule has 1 saturated heterocycles. The van der Waals surface area contributed by atoms with E-state index < -0.39 is 0 Å². The number of ether oxygens (including phenoxy) is 2. The number of hydrogen-bond acceptors (Lipinski definition) is 5. The molecule has 1 aliphatic heterocycles. The molecule has 1 aromatic carbocycles. The first kappa shape index (κ1) is 14.1. The van der Waals surface area contributed by atoms with Crippen molar-refractivity contribution in [3.63, 3.8) is 0 Å². The van der Waals surface area contributed by atoms with Gasteiger partial charge in [-0.2, -0.15) is 0 Å². The molecule has 0 bridgehead atoms. The molecule has 0 spiro atoms. The van der Waals surface area contributed by atoms with Crippen molar-refractivity contribution in [3.05, 3.63) is 24.3 Å². The standard InChI is InChI=1S/C14H22N2O3/c1-18-13-2-4-14(5-3-13)19-11-12(10-17)16-8-6-15-7-9-16/h2-5,12,15,17H,6-11H2,1H3. The Balaban J connectivity index is 1.84. The highest BCUT2D eigenvalue weighted by Gasteiger charge is 2.20. The lowest BCUT2D eigenvalue weighted by Gasteiger charge is -2.33. The quantitative estimate of drug-likeness (QED) is 0.777. The van der Waals surface area contributed by atoms with Crippen LogP contribution in [0.3, 0.4) is 0 Å². The monoisotopic (exact) mass is 266 g/mol. The molecule has 0 aliphatic carbocycles. The molecule has 1 heterocycles. The minimum Gasteiger partial charge on any atom is -0.497 e. The van der Waals surface area contributed by atoms with Crippen molar-refractivity contribution < 1.29 is 14.6 Å². The Hall–Kier alpha value is -1.30. The Morgan fingerprint density at radius 2 is 1.84 bits per heavy atom. The second kappa shape index (κ2) is 7.33. The SMILES string of the molecule is COc1ccc(OCC(CO)N2CCNCC2)cc1. The van der Waals surface area contributed by atoms with E-state index in [1.165, 1.54) is 0 Å². The molecule has 2 N–H and O–H groups in total. The van der Waals surface area contributed by atoms with Crippen molar-refractivity contribution in [1.82, 2.24) is 10.2 Å². The summed E-state index contributed by atoms with van der Waals surface area (Å²) in [5.74, 6) is 1.61. The number of hydrogen-bond donors (Lipinski definition) is 2. The lowest BCUT2D eigenvalue weighted by atomic mass is 10.2. The zero-order valence-corrected chi connectivity index (χ0v) is 11.3. The number of piperazine rings is 1. The maximum Gasteiger partial charge on any atom is 0.119 e. The number of aliphatic hydroxyl groups excluding tert-OH is 1. The Bertz CT molecular complexity index is 363. The van der Waals surface area contributed by atoms with Gasteiger partial charge in [-0.25, -0.2) is 0 Å². The minimum atomic E-state index is 0.0594. The maximum absolute atomic E-state index is 9.48. The predicted molar refractivity (Wildman–Crippen MR) is 73.8 cm³/mol. The number of benzene rings is 1. The van der Waals surface area contributed by atoms with Gasteiger partial charge in [-0.3, -0.25) is 4.90 Å². The fourth-order valence-electron chi connectivity index (χ4n) is 2.19. The summed E-state index contributed by atoms with van der Waals surface area (Å²) >= 11 is 0. The molecule has 0 saturated carbocycles. The molecule has 1 atom stereocenters. The zero-order chi connectivity index (χ0) is 13.5. The highest BCUT2D eigenvalue weighted by molar-refractivity contribution is 5.31. The van der Waals surface area contributed by atoms with E-state index in [0.717, 1.165) is 37.7 Å². The third kappa shape index (κ3) is 4.09. The lowest BCUT2D eigenvalue weighted by Crippen LogP contribution is -2.51. The van der Waals surface area contributed by atoms with Crippen molar-refractivity contribution in [1.29, 1.82) is 0 Å². The van der Waals surface area contributed by atoms with E-state index >= 15 is 0 Å². The molecule has 1 aliphatic rings. The summed E-state index contributed by atoms with van der Waals surface area (Å²) in [6.07, 6.45) is 0. The van der Waals surface area contributed by atoms with Crippen LogP contribution in [-0.4, -0.2) is 62.6 Å². The summed E-state index contributed by atoms with van der Waals surface area (Å²) in [6.45, 7) is 4.48. The smallest absolute Gasteiger partial charge is 0.119 e. The number of nitrogens with zero attached hydrogens (tertiary/aromatic N) is 1. The van der Waals surface area contributed by atoms with Gasteiger partial charge in [0, 0.05) is 26.2 Å². The van der Waals surface area contributed by atoms with Gasteiger partial charge in [0.25, 0.3) is 0 Å². The van der Waals surface area contributed by atoms with Gasteiger partial charge in [0.15, 0.2) is 0 Å². The normalized spacial score (nSPS) is 18.0. The summed E-state index contributed by atoms with van der Waals surface area (Å²) in [5, 5.41) is 12.8. The Kier molecular flexibility index (Phi) is 5.44.